The molecule has 0 spiro atoms. The average molecular weight is 329 g/mol. The number of amides is 1. The maximum absolute atomic E-state index is 12.6. The van der Waals surface area contributed by atoms with E-state index < -0.39 is 5.54 Å². The Morgan fingerprint density at radius 1 is 1.32 bits per heavy atom. The highest BCUT2D eigenvalue weighted by Gasteiger charge is 2.39. The first-order valence-electron chi connectivity index (χ1n) is 7.35. The molecule has 1 aliphatic rings. The Labute approximate surface area is 138 Å². The lowest BCUT2D eigenvalue weighted by Gasteiger charge is -2.27. The van der Waals surface area contributed by atoms with Crippen molar-refractivity contribution in [3.8, 4) is 11.5 Å². The lowest BCUT2D eigenvalue weighted by molar-refractivity contribution is -0.122. The van der Waals surface area contributed by atoms with Crippen LogP contribution in [-0.2, 0) is 4.79 Å². The number of carbonyl (C=O) groups excluding carboxylic acids is 1. The molecule has 0 aromatic heterocycles. The van der Waals surface area contributed by atoms with Crippen molar-refractivity contribution >= 4 is 24.0 Å². The second-order valence-electron chi connectivity index (χ2n) is 5.44. The molecule has 1 aromatic rings. The summed E-state index contributed by atoms with van der Waals surface area (Å²) in [6, 6.07) is 3.68. The third-order valence-corrected chi connectivity index (χ3v) is 4.26. The summed E-state index contributed by atoms with van der Waals surface area (Å²) < 4.78 is 10.6. The van der Waals surface area contributed by atoms with Crippen molar-refractivity contribution in [1.82, 2.24) is 5.32 Å². The average Bonchev–Trinajstić information content (AvgIpc) is 2.99. The first-order valence-corrected chi connectivity index (χ1v) is 7.35. The highest BCUT2D eigenvalue weighted by atomic mass is 35.5. The molecule has 1 saturated heterocycles. The Morgan fingerprint density at radius 3 is 2.45 bits per heavy atom. The quantitative estimate of drug-likeness (QED) is 0.872. The summed E-state index contributed by atoms with van der Waals surface area (Å²) in [5, 5.41) is 6.38. The normalized spacial score (nSPS) is 20.2. The molecule has 2 rings (SSSR count). The number of nitrogens with one attached hydrogen (secondary N) is 2. The molecule has 2 N–H and O–H groups in total. The summed E-state index contributed by atoms with van der Waals surface area (Å²) >= 11 is 0. The Bertz CT molecular complexity index is 528. The van der Waals surface area contributed by atoms with Crippen molar-refractivity contribution in [2.24, 2.45) is 0 Å². The largest absolute Gasteiger partial charge is 0.493 e. The number of methoxy groups -OCH3 is 2. The topological polar surface area (TPSA) is 59.6 Å². The van der Waals surface area contributed by atoms with Crippen LogP contribution >= 0.6 is 12.4 Å². The third kappa shape index (κ3) is 3.47. The van der Waals surface area contributed by atoms with Gasteiger partial charge in [0.1, 0.15) is 0 Å². The van der Waals surface area contributed by atoms with Gasteiger partial charge in [-0.2, -0.15) is 0 Å². The van der Waals surface area contributed by atoms with Gasteiger partial charge in [0.2, 0.25) is 5.91 Å². The number of anilines is 1. The van der Waals surface area contributed by atoms with Crippen LogP contribution in [0.1, 0.15) is 31.7 Å². The van der Waals surface area contributed by atoms with Crippen LogP contribution in [0.25, 0.3) is 0 Å². The van der Waals surface area contributed by atoms with E-state index in [1.165, 1.54) is 0 Å². The molecule has 1 fully saturated rings. The fourth-order valence-electron chi connectivity index (χ4n) is 2.82. The lowest BCUT2D eigenvalue weighted by atomic mass is 9.93. The fourth-order valence-corrected chi connectivity index (χ4v) is 2.82. The second kappa shape index (κ2) is 7.70. The Kier molecular flexibility index (Phi) is 6.50. The maximum atomic E-state index is 12.6. The van der Waals surface area contributed by atoms with Gasteiger partial charge in [-0.25, -0.2) is 0 Å². The molecule has 1 atom stereocenters. The van der Waals surface area contributed by atoms with Gasteiger partial charge < -0.3 is 20.1 Å². The number of hydrogen-bond acceptors (Lipinski definition) is 4. The summed E-state index contributed by atoms with van der Waals surface area (Å²) in [5.74, 6) is 1.30. The maximum Gasteiger partial charge on any atom is 0.244 e. The van der Waals surface area contributed by atoms with Gasteiger partial charge >= 0.3 is 0 Å². The second-order valence-corrected chi connectivity index (χ2v) is 5.44. The molecule has 6 heteroatoms. The summed E-state index contributed by atoms with van der Waals surface area (Å²) in [6.45, 7) is 4.88. The van der Waals surface area contributed by atoms with Crippen LogP contribution < -0.4 is 20.1 Å². The van der Waals surface area contributed by atoms with E-state index in [4.69, 9.17) is 9.47 Å². The van der Waals surface area contributed by atoms with Gasteiger partial charge in [-0.15, -0.1) is 12.4 Å². The molecule has 0 aliphatic carbocycles. The molecule has 0 saturated carbocycles. The Morgan fingerprint density at radius 2 is 1.95 bits per heavy atom. The number of halogens is 1. The summed E-state index contributed by atoms with van der Waals surface area (Å²) in [5.41, 5.74) is 1.27. The number of carbonyl (C=O) groups is 1. The first-order chi connectivity index (χ1) is 10.1. The van der Waals surface area contributed by atoms with Gasteiger partial charge in [0.25, 0.3) is 0 Å². The number of hydrogen-bond donors (Lipinski definition) is 2. The molecule has 1 aliphatic heterocycles. The van der Waals surface area contributed by atoms with E-state index in [9.17, 15) is 4.79 Å². The molecule has 22 heavy (non-hydrogen) atoms. The SMILES string of the molecule is CCC1(C(=O)Nc2cc(OC)c(OC)cc2C)CCCN1.Cl. The smallest absolute Gasteiger partial charge is 0.244 e. The Balaban J connectivity index is 0.00000242. The molecule has 0 radical (unpaired) electrons. The van der Waals surface area contributed by atoms with Gasteiger partial charge in [0, 0.05) is 11.8 Å². The zero-order valence-electron chi connectivity index (χ0n) is 13.6. The lowest BCUT2D eigenvalue weighted by Crippen LogP contribution is -2.50. The van der Waals surface area contributed by atoms with Crippen LogP contribution in [0.3, 0.4) is 0 Å². The van der Waals surface area contributed by atoms with Gasteiger partial charge in [0.15, 0.2) is 11.5 Å². The minimum Gasteiger partial charge on any atom is -0.493 e. The van der Waals surface area contributed by atoms with Crippen molar-refractivity contribution in [2.45, 2.75) is 38.6 Å². The number of ether oxygens (including phenoxy) is 2. The van der Waals surface area contributed by atoms with Gasteiger partial charge in [-0.3, -0.25) is 4.79 Å². The molecule has 0 bridgehead atoms. The van der Waals surface area contributed by atoms with Crippen molar-refractivity contribution in [3.05, 3.63) is 17.7 Å². The van der Waals surface area contributed by atoms with Crippen molar-refractivity contribution in [2.75, 3.05) is 26.1 Å². The van der Waals surface area contributed by atoms with E-state index in [2.05, 4.69) is 10.6 Å². The van der Waals surface area contributed by atoms with Crippen molar-refractivity contribution < 1.29 is 14.3 Å². The molecule has 1 amide bonds. The van der Waals surface area contributed by atoms with E-state index >= 15 is 0 Å². The molecule has 5 nitrogen and oxygen atoms in total. The number of benzene rings is 1. The van der Waals surface area contributed by atoms with Crippen LogP contribution in [0.4, 0.5) is 5.69 Å². The third-order valence-electron chi connectivity index (χ3n) is 4.26. The standard InChI is InChI=1S/C16H24N2O3.ClH/c1-5-16(7-6-8-17-16)15(19)18-12-10-14(21-4)13(20-3)9-11(12)2;/h9-10,17H,5-8H2,1-4H3,(H,18,19);1H. The van der Waals surface area contributed by atoms with Crippen LogP contribution in [0.5, 0.6) is 11.5 Å². The van der Waals surface area contributed by atoms with Gasteiger partial charge in [-0.05, 0) is 44.4 Å². The predicted octanol–water partition coefficient (Wildman–Crippen LogP) is 2.90. The van der Waals surface area contributed by atoms with E-state index in [1.54, 1.807) is 14.2 Å². The van der Waals surface area contributed by atoms with E-state index in [1.807, 2.05) is 26.0 Å². The fraction of sp³-hybridized carbons (Fsp3) is 0.562. The minimum absolute atomic E-state index is 0. The molecule has 1 aromatic carbocycles. The number of aryl methyl sites for hydroxylation is 1. The van der Waals surface area contributed by atoms with Crippen LogP contribution in [0.15, 0.2) is 12.1 Å². The Hall–Kier alpha value is -1.46. The molecular weight excluding hydrogens is 304 g/mol. The minimum atomic E-state index is -0.445. The summed E-state index contributed by atoms with van der Waals surface area (Å²) in [4.78, 5) is 12.6. The van der Waals surface area contributed by atoms with Crippen LogP contribution in [-0.4, -0.2) is 32.2 Å². The summed E-state index contributed by atoms with van der Waals surface area (Å²) in [7, 11) is 3.19. The van der Waals surface area contributed by atoms with Gasteiger partial charge in [-0.1, -0.05) is 6.92 Å². The zero-order valence-corrected chi connectivity index (χ0v) is 14.4. The molecule has 1 unspecified atom stereocenters. The van der Waals surface area contributed by atoms with Crippen LogP contribution in [0, 0.1) is 6.92 Å². The van der Waals surface area contributed by atoms with Crippen LogP contribution in [0.2, 0.25) is 0 Å². The highest BCUT2D eigenvalue weighted by Crippen LogP contribution is 2.34. The van der Waals surface area contributed by atoms with Gasteiger partial charge in [0.05, 0.1) is 19.8 Å². The van der Waals surface area contributed by atoms with E-state index in [0.717, 1.165) is 37.1 Å². The first kappa shape index (κ1) is 18.6. The zero-order chi connectivity index (χ0) is 15.5. The predicted molar refractivity (Wildman–Crippen MR) is 90.4 cm³/mol. The monoisotopic (exact) mass is 328 g/mol. The van der Waals surface area contributed by atoms with Crippen molar-refractivity contribution in [1.29, 1.82) is 0 Å². The molecular formula is C16H25ClN2O3. The highest BCUT2D eigenvalue weighted by molar-refractivity contribution is 5.99. The van der Waals surface area contributed by atoms with E-state index in [0.29, 0.717) is 11.5 Å². The number of rotatable bonds is 5. The summed E-state index contributed by atoms with van der Waals surface area (Å²) in [6.07, 6.45) is 2.69. The van der Waals surface area contributed by atoms with E-state index in [-0.39, 0.29) is 18.3 Å². The van der Waals surface area contributed by atoms with Crippen molar-refractivity contribution in [3.63, 3.8) is 0 Å². The molecule has 1 heterocycles. The molecule has 124 valence electrons.